The van der Waals surface area contributed by atoms with Gasteiger partial charge in [-0.05, 0) is 23.0 Å². The first kappa shape index (κ1) is 13.7. The van der Waals surface area contributed by atoms with Crippen LogP contribution in [0.2, 0.25) is 0 Å². The van der Waals surface area contributed by atoms with E-state index in [-0.39, 0.29) is 10.8 Å². The molecule has 0 aliphatic heterocycles. The minimum Gasteiger partial charge on any atom is -0.376 e. The van der Waals surface area contributed by atoms with Crippen molar-refractivity contribution in [2.75, 3.05) is 13.1 Å². The van der Waals surface area contributed by atoms with Crippen LogP contribution in [-0.4, -0.2) is 23.1 Å². The van der Waals surface area contributed by atoms with Gasteiger partial charge in [0.1, 0.15) is 0 Å². The molecule has 0 saturated carbocycles. The van der Waals surface area contributed by atoms with E-state index in [1.165, 1.54) is 0 Å². The van der Waals surface area contributed by atoms with Gasteiger partial charge in [-0.2, -0.15) is 0 Å². The fourth-order valence-electron chi connectivity index (χ4n) is 1.36. The molecule has 0 aromatic rings. The molecule has 0 bridgehead atoms. The molecule has 84 valence electrons. The minimum absolute atomic E-state index is 0.231. The average molecular weight is 216 g/mol. The Balaban J connectivity index is 4.40. The molecule has 0 spiro atoms. The molecule has 0 atom stereocenters. The van der Waals surface area contributed by atoms with Crippen molar-refractivity contribution in [3.05, 3.63) is 0 Å². The van der Waals surface area contributed by atoms with E-state index in [4.69, 9.17) is 18.0 Å². The van der Waals surface area contributed by atoms with E-state index >= 15 is 0 Å². The van der Waals surface area contributed by atoms with Crippen LogP contribution < -0.4 is 5.73 Å². The highest BCUT2D eigenvalue weighted by molar-refractivity contribution is 7.80. The highest BCUT2D eigenvalue weighted by atomic mass is 32.1. The predicted molar refractivity (Wildman–Crippen MR) is 67.3 cm³/mol. The number of thiocarbonyl (C=S) groups is 1. The maximum absolute atomic E-state index is 5.71. The normalized spacial score (nSPS) is 12.7. The van der Waals surface area contributed by atoms with E-state index in [2.05, 4.69) is 46.4 Å². The highest BCUT2D eigenvalue weighted by Crippen LogP contribution is 2.20. The van der Waals surface area contributed by atoms with Crippen molar-refractivity contribution in [2.45, 2.75) is 41.5 Å². The molecule has 14 heavy (non-hydrogen) atoms. The van der Waals surface area contributed by atoms with Crippen LogP contribution in [0.15, 0.2) is 0 Å². The summed E-state index contributed by atoms with van der Waals surface area (Å²) in [5, 5.41) is 0.509. The second-order valence-corrected chi connectivity index (χ2v) is 6.73. The first-order valence-corrected chi connectivity index (χ1v) is 5.46. The summed E-state index contributed by atoms with van der Waals surface area (Å²) in [4.78, 5) is 2.09. The standard InChI is InChI=1S/C11H24N2S/c1-10(2,3)7-13(9(12)14)8-11(4,5)6/h7-8H2,1-6H3,(H2,12,14). The van der Waals surface area contributed by atoms with Gasteiger partial charge in [0.15, 0.2) is 5.11 Å². The minimum atomic E-state index is 0.231. The number of nitrogens with two attached hydrogens (primary N) is 1. The Kier molecular flexibility index (Phi) is 4.37. The third kappa shape index (κ3) is 7.13. The first-order chi connectivity index (χ1) is 6.01. The van der Waals surface area contributed by atoms with Gasteiger partial charge in [0.25, 0.3) is 0 Å². The molecule has 0 aliphatic rings. The van der Waals surface area contributed by atoms with Crippen molar-refractivity contribution in [1.29, 1.82) is 0 Å². The fraction of sp³-hybridized carbons (Fsp3) is 0.909. The van der Waals surface area contributed by atoms with E-state index in [1.807, 2.05) is 0 Å². The number of nitrogens with zero attached hydrogens (tertiary/aromatic N) is 1. The zero-order valence-electron chi connectivity index (χ0n) is 10.3. The van der Waals surface area contributed by atoms with E-state index < -0.39 is 0 Å². The lowest BCUT2D eigenvalue weighted by Gasteiger charge is -2.35. The van der Waals surface area contributed by atoms with Gasteiger partial charge < -0.3 is 10.6 Å². The summed E-state index contributed by atoms with van der Waals surface area (Å²) in [5.41, 5.74) is 6.17. The molecule has 0 saturated heterocycles. The number of hydrogen-bond acceptors (Lipinski definition) is 1. The number of rotatable bonds is 2. The molecular formula is C11H24N2S. The predicted octanol–water partition coefficient (Wildman–Crippen LogP) is 2.62. The summed E-state index contributed by atoms with van der Waals surface area (Å²) in [6, 6.07) is 0. The molecule has 0 unspecified atom stereocenters. The van der Waals surface area contributed by atoms with Gasteiger partial charge in [-0.15, -0.1) is 0 Å². The van der Waals surface area contributed by atoms with Crippen molar-refractivity contribution >= 4 is 17.3 Å². The van der Waals surface area contributed by atoms with Gasteiger partial charge in [0.2, 0.25) is 0 Å². The van der Waals surface area contributed by atoms with Crippen molar-refractivity contribution < 1.29 is 0 Å². The molecule has 0 aromatic heterocycles. The largest absolute Gasteiger partial charge is 0.376 e. The first-order valence-electron chi connectivity index (χ1n) is 5.06. The lowest BCUT2D eigenvalue weighted by Crippen LogP contribution is -2.45. The molecule has 0 radical (unpaired) electrons. The maximum Gasteiger partial charge on any atom is 0.166 e. The van der Waals surface area contributed by atoms with Crippen LogP contribution in [0.5, 0.6) is 0 Å². The third-order valence-electron chi connectivity index (χ3n) is 1.64. The van der Waals surface area contributed by atoms with Crippen molar-refractivity contribution in [3.8, 4) is 0 Å². The summed E-state index contributed by atoms with van der Waals surface area (Å²) in [6.45, 7) is 15.0. The second-order valence-electron chi connectivity index (χ2n) is 6.32. The van der Waals surface area contributed by atoms with E-state index in [0.717, 1.165) is 13.1 Å². The van der Waals surface area contributed by atoms with E-state index in [0.29, 0.717) is 5.11 Å². The summed E-state index contributed by atoms with van der Waals surface area (Å²) in [7, 11) is 0. The topological polar surface area (TPSA) is 29.3 Å². The fourth-order valence-corrected chi connectivity index (χ4v) is 1.49. The molecule has 0 amide bonds. The van der Waals surface area contributed by atoms with Crippen LogP contribution in [0, 0.1) is 10.8 Å². The maximum atomic E-state index is 5.71. The van der Waals surface area contributed by atoms with Crippen LogP contribution in [0.3, 0.4) is 0 Å². The molecule has 0 aliphatic carbocycles. The van der Waals surface area contributed by atoms with E-state index in [9.17, 15) is 0 Å². The molecule has 2 N–H and O–H groups in total. The monoisotopic (exact) mass is 216 g/mol. The van der Waals surface area contributed by atoms with Crippen LogP contribution >= 0.6 is 12.2 Å². The van der Waals surface area contributed by atoms with Crippen molar-refractivity contribution in [1.82, 2.24) is 4.90 Å². The molecule has 0 rings (SSSR count). The summed E-state index contributed by atoms with van der Waals surface area (Å²) < 4.78 is 0. The van der Waals surface area contributed by atoms with Gasteiger partial charge in [0.05, 0.1) is 0 Å². The quantitative estimate of drug-likeness (QED) is 0.720. The average Bonchev–Trinajstić information content (AvgIpc) is 1.78. The molecule has 2 nitrogen and oxygen atoms in total. The molecule has 3 heteroatoms. The zero-order valence-corrected chi connectivity index (χ0v) is 11.2. The molecule has 0 heterocycles. The van der Waals surface area contributed by atoms with Gasteiger partial charge in [0, 0.05) is 13.1 Å². The Hall–Kier alpha value is -0.310. The summed E-state index contributed by atoms with van der Waals surface area (Å²) >= 11 is 5.06. The zero-order chi connectivity index (χ0) is 11.6. The Morgan fingerprint density at radius 2 is 1.29 bits per heavy atom. The SMILES string of the molecule is CC(C)(C)CN(CC(C)(C)C)C(N)=S. The van der Waals surface area contributed by atoms with Crippen LogP contribution in [0.1, 0.15) is 41.5 Å². The lowest BCUT2D eigenvalue weighted by atomic mass is 9.92. The Morgan fingerprint density at radius 1 is 1.00 bits per heavy atom. The molecular weight excluding hydrogens is 192 g/mol. The number of hydrogen-bond donors (Lipinski definition) is 1. The Morgan fingerprint density at radius 3 is 1.43 bits per heavy atom. The smallest absolute Gasteiger partial charge is 0.166 e. The van der Waals surface area contributed by atoms with Crippen molar-refractivity contribution in [2.24, 2.45) is 16.6 Å². The van der Waals surface area contributed by atoms with Crippen molar-refractivity contribution in [3.63, 3.8) is 0 Å². The second kappa shape index (κ2) is 4.47. The van der Waals surface area contributed by atoms with Crippen LogP contribution in [0.4, 0.5) is 0 Å². The molecule has 0 fully saturated rings. The molecule has 0 aromatic carbocycles. The van der Waals surface area contributed by atoms with Gasteiger partial charge in [-0.3, -0.25) is 0 Å². The van der Waals surface area contributed by atoms with Gasteiger partial charge >= 0.3 is 0 Å². The van der Waals surface area contributed by atoms with Gasteiger partial charge in [-0.25, -0.2) is 0 Å². The third-order valence-corrected chi connectivity index (χ3v) is 1.90. The highest BCUT2D eigenvalue weighted by Gasteiger charge is 2.22. The lowest BCUT2D eigenvalue weighted by molar-refractivity contribution is 0.215. The van der Waals surface area contributed by atoms with Crippen LogP contribution in [-0.2, 0) is 0 Å². The summed E-state index contributed by atoms with van der Waals surface area (Å²) in [6.07, 6.45) is 0. The Bertz CT molecular complexity index is 182. The van der Waals surface area contributed by atoms with Crippen LogP contribution in [0.25, 0.3) is 0 Å². The van der Waals surface area contributed by atoms with Gasteiger partial charge in [-0.1, -0.05) is 41.5 Å². The van der Waals surface area contributed by atoms with E-state index in [1.54, 1.807) is 0 Å². The summed E-state index contributed by atoms with van der Waals surface area (Å²) in [5.74, 6) is 0. The Labute approximate surface area is 93.8 Å².